The molecule has 1 aromatic carbocycles. The largest absolute Gasteiger partial charge is 0.493 e. The number of rotatable bonds is 6. The summed E-state index contributed by atoms with van der Waals surface area (Å²) in [4.78, 5) is 12.2. The quantitative estimate of drug-likeness (QED) is 0.845. The Morgan fingerprint density at radius 3 is 2.64 bits per heavy atom. The molecule has 1 amide bonds. The van der Waals surface area contributed by atoms with Crippen LogP contribution in [0.2, 0.25) is 0 Å². The highest BCUT2D eigenvalue weighted by molar-refractivity contribution is 5.85. The van der Waals surface area contributed by atoms with E-state index < -0.39 is 0 Å². The van der Waals surface area contributed by atoms with Gasteiger partial charge in [-0.05, 0) is 50.8 Å². The predicted octanol–water partition coefficient (Wildman–Crippen LogP) is 2.51. The fourth-order valence-corrected chi connectivity index (χ4v) is 2.69. The van der Waals surface area contributed by atoms with Crippen molar-refractivity contribution < 1.29 is 9.53 Å². The van der Waals surface area contributed by atoms with E-state index in [0.717, 1.165) is 49.8 Å². The van der Waals surface area contributed by atoms with Crippen LogP contribution in [0.5, 0.6) is 5.75 Å². The molecule has 2 fully saturated rings. The topological polar surface area (TPSA) is 50.4 Å². The molecule has 1 aliphatic heterocycles. The van der Waals surface area contributed by atoms with Crippen molar-refractivity contribution >= 4 is 18.3 Å². The highest BCUT2D eigenvalue weighted by Gasteiger charge is 2.23. The van der Waals surface area contributed by atoms with Crippen molar-refractivity contribution in [2.24, 2.45) is 11.8 Å². The molecule has 1 aromatic rings. The molecule has 0 spiro atoms. The number of para-hydroxylation sites is 1. The SMILES string of the molecule is Cl.O=C(NCc1ccccc1OCC1CC1)C1CCNCC1. The van der Waals surface area contributed by atoms with Crippen molar-refractivity contribution in [2.75, 3.05) is 19.7 Å². The Labute approximate surface area is 138 Å². The van der Waals surface area contributed by atoms with E-state index in [0.29, 0.717) is 6.54 Å². The third-order valence-electron chi connectivity index (χ3n) is 4.31. The van der Waals surface area contributed by atoms with Gasteiger partial charge in [-0.3, -0.25) is 4.79 Å². The van der Waals surface area contributed by atoms with Gasteiger partial charge in [0.15, 0.2) is 0 Å². The average Bonchev–Trinajstić information content (AvgIpc) is 3.36. The van der Waals surface area contributed by atoms with Crippen molar-refractivity contribution in [3.8, 4) is 5.75 Å². The van der Waals surface area contributed by atoms with Crippen LogP contribution in [0.3, 0.4) is 0 Å². The lowest BCUT2D eigenvalue weighted by molar-refractivity contribution is -0.125. The first-order valence-corrected chi connectivity index (χ1v) is 8.02. The van der Waals surface area contributed by atoms with Gasteiger partial charge in [-0.25, -0.2) is 0 Å². The molecule has 0 atom stereocenters. The molecule has 22 heavy (non-hydrogen) atoms. The molecule has 0 aromatic heterocycles. The second kappa shape index (κ2) is 8.39. The van der Waals surface area contributed by atoms with Crippen LogP contribution in [0.25, 0.3) is 0 Å². The number of benzene rings is 1. The predicted molar refractivity (Wildman–Crippen MR) is 89.3 cm³/mol. The fraction of sp³-hybridized carbons (Fsp3) is 0.588. The van der Waals surface area contributed by atoms with Crippen LogP contribution in [0.15, 0.2) is 24.3 Å². The molecule has 4 nitrogen and oxygen atoms in total. The summed E-state index contributed by atoms with van der Waals surface area (Å²) < 4.78 is 5.88. The molecular formula is C17H25ClN2O2. The number of carbonyl (C=O) groups excluding carboxylic acids is 1. The van der Waals surface area contributed by atoms with Crippen molar-refractivity contribution in [1.29, 1.82) is 0 Å². The van der Waals surface area contributed by atoms with Crippen LogP contribution < -0.4 is 15.4 Å². The number of carbonyl (C=O) groups is 1. The molecule has 0 radical (unpaired) electrons. The summed E-state index contributed by atoms with van der Waals surface area (Å²) in [5.41, 5.74) is 1.07. The molecule has 122 valence electrons. The van der Waals surface area contributed by atoms with Crippen LogP contribution >= 0.6 is 12.4 Å². The minimum absolute atomic E-state index is 0. The van der Waals surface area contributed by atoms with E-state index in [9.17, 15) is 4.79 Å². The third kappa shape index (κ3) is 4.89. The highest BCUT2D eigenvalue weighted by Crippen LogP contribution is 2.30. The van der Waals surface area contributed by atoms with Crippen molar-refractivity contribution in [3.05, 3.63) is 29.8 Å². The summed E-state index contributed by atoms with van der Waals surface area (Å²) >= 11 is 0. The zero-order valence-electron chi connectivity index (χ0n) is 12.8. The van der Waals surface area contributed by atoms with Gasteiger partial charge >= 0.3 is 0 Å². The minimum Gasteiger partial charge on any atom is -0.493 e. The van der Waals surface area contributed by atoms with Gasteiger partial charge in [0, 0.05) is 18.0 Å². The van der Waals surface area contributed by atoms with Crippen LogP contribution in [0.1, 0.15) is 31.2 Å². The summed E-state index contributed by atoms with van der Waals surface area (Å²) in [5, 5.41) is 6.35. The molecule has 0 bridgehead atoms. The standard InChI is InChI=1S/C17H24N2O2.ClH/c20-17(14-7-9-18-10-8-14)19-11-15-3-1-2-4-16(15)21-12-13-5-6-13;/h1-4,13-14,18H,5-12H2,(H,19,20);1H. The maximum atomic E-state index is 12.2. The van der Waals surface area contributed by atoms with E-state index in [4.69, 9.17) is 4.74 Å². The second-order valence-electron chi connectivity index (χ2n) is 6.10. The second-order valence-corrected chi connectivity index (χ2v) is 6.10. The summed E-state index contributed by atoms with van der Waals surface area (Å²) in [6.07, 6.45) is 4.44. The molecule has 2 N–H and O–H groups in total. The first kappa shape index (κ1) is 17.1. The van der Waals surface area contributed by atoms with E-state index in [1.54, 1.807) is 0 Å². The van der Waals surface area contributed by atoms with Gasteiger partial charge in [0.05, 0.1) is 6.61 Å². The van der Waals surface area contributed by atoms with E-state index in [-0.39, 0.29) is 24.2 Å². The van der Waals surface area contributed by atoms with Crippen molar-refractivity contribution in [1.82, 2.24) is 10.6 Å². The number of amides is 1. The Hall–Kier alpha value is -1.26. The number of hydrogen-bond acceptors (Lipinski definition) is 3. The van der Waals surface area contributed by atoms with Gasteiger partial charge in [0.1, 0.15) is 5.75 Å². The van der Waals surface area contributed by atoms with E-state index >= 15 is 0 Å². The van der Waals surface area contributed by atoms with E-state index in [2.05, 4.69) is 10.6 Å². The molecule has 5 heteroatoms. The minimum atomic E-state index is 0. The molecule has 0 unspecified atom stereocenters. The van der Waals surface area contributed by atoms with Crippen LogP contribution in [-0.2, 0) is 11.3 Å². The van der Waals surface area contributed by atoms with Gasteiger partial charge in [0.2, 0.25) is 5.91 Å². The van der Waals surface area contributed by atoms with Crippen LogP contribution in [-0.4, -0.2) is 25.6 Å². The maximum absolute atomic E-state index is 12.2. The number of halogens is 1. The Morgan fingerprint density at radius 2 is 1.91 bits per heavy atom. The van der Waals surface area contributed by atoms with Crippen molar-refractivity contribution in [3.63, 3.8) is 0 Å². The fourth-order valence-electron chi connectivity index (χ4n) is 2.69. The van der Waals surface area contributed by atoms with E-state index in [1.165, 1.54) is 12.8 Å². The van der Waals surface area contributed by atoms with Crippen LogP contribution in [0.4, 0.5) is 0 Å². The van der Waals surface area contributed by atoms with Crippen molar-refractivity contribution in [2.45, 2.75) is 32.2 Å². The lowest BCUT2D eigenvalue weighted by atomic mass is 9.97. The summed E-state index contributed by atoms with van der Waals surface area (Å²) in [7, 11) is 0. The third-order valence-corrected chi connectivity index (χ3v) is 4.31. The molecule has 1 saturated heterocycles. The first-order valence-electron chi connectivity index (χ1n) is 8.02. The van der Waals surface area contributed by atoms with Gasteiger partial charge < -0.3 is 15.4 Å². The van der Waals surface area contributed by atoms with Gasteiger partial charge in [-0.15, -0.1) is 12.4 Å². The number of piperidine rings is 1. The Morgan fingerprint density at radius 1 is 1.18 bits per heavy atom. The Balaban J connectivity index is 0.00000176. The maximum Gasteiger partial charge on any atom is 0.223 e. The van der Waals surface area contributed by atoms with Gasteiger partial charge in [-0.1, -0.05) is 18.2 Å². The van der Waals surface area contributed by atoms with E-state index in [1.807, 2.05) is 24.3 Å². The molecular weight excluding hydrogens is 300 g/mol. The lowest BCUT2D eigenvalue weighted by Crippen LogP contribution is -2.37. The highest BCUT2D eigenvalue weighted by atomic mass is 35.5. The zero-order chi connectivity index (χ0) is 14.5. The molecule has 1 saturated carbocycles. The lowest BCUT2D eigenvalue weighted by Gasteiger charge is -2.22. The summed E-state index contributed by atoms with van der Waals surface area (Å²) in [6.45, 7) is 3.25. The molecule has 3 rings (SSSR count). The van der Waals surface area contributed by atoms with Gasteiger partial charge in [0.25, 0.3) is 0 Å². The Kier molecular flexibility index (Phi) is 6.52. The molecule has 2 aliphatic rings. The Bertz CT molecular complexity index is 485. The normalized spacial score (nSPS) is 18.4. The zero-order valence-corrected chi connectivity index (χ0v) is 13.7. The number of nitrogens with one attached hydrogen (secondary N) is 2. The molecule has 1 aliphatic carbocycles. The van der Waals surface area contributed by atoms with Gasteiger partial charge in [-0.2, -0.15) is 0 Å². The molecule has 1 heterocycles. The smallest absolute Gasteiger partial charge is 0.223 e. The summed E-state index contributed by atoms with van der Waals surface area (Å²) in [5.74, 6) is 1.98. The summed E-state index contributed by atoms with van der Waals surface area (Å²) in [6, 6.07) is 8.01. The number of ether oxygens (including phenoxy) is 1. The first-order chi connectivity index (χ1) is 10.3. The average molecular weight is 325 g/mol. The number of hydrogen-bond donors (Lipinski definition) is 2. The van der Waals surface area contributed by atoms with Crippen LogP contribution in [0, 0.1) is 11.8 Å². The monoisotopic (exact) mass is 324 g/mol.